The minimum atomic E-state index is 0. The van der Waals surface area contributed by atoms with Crippen molar-refractivity contribution in [1.29, 1.82) is 0 Å². The average Bonchev–Trinajstić information content (AvgIpc) is 2.61. The number of anilines is 1. The van der Waals surface area contributed by atoms with Crippen LogP contribution >= 0.6 is 24.0 Å². The molecule has 0 unspecified atom stereocenters. The molecule has 3 aromatic carbocycles. The van der Waals surface area contributed by atoms with Gasteiger partial charge in [-0.1, -0.05) is 54.1 Å². The first-order valence-corrected chi connectivity index (χ1v) is 7.96. The van der Waals surface area contributed by atoms with Crippen LogP contribution in [0.5, 0.6) is 5.75 Å². The van der Waals surface area contributed by atoms with Gasteiger partial charge in [0, 0.05) is 11.1 Å². The fourth-order valence-electron chi connectivity index (χ4n) is 2.47. The van der Waals surface area contributed by atoms with Crippen molar-refractivity contribution in [3.8, 4) is 5.75 Å². The quantitative estimate of drug-likeness (QED) is 0.261. The summed E-state index contributed by atoms with van der Waals surface area (Å²) in [7, 11) is 0. The molecule has 0 aliphatic carbocycles. The van der Waals surface area contributed by atoms with Crippen LogP contribution in [0.15, 0.2) is 71.7 Å². The van der Waals surface area contributed by atoms with Gasteiger partial charge in [0.2, 0.25) is 0 Å². The molecule has 0 fully saturated rings. The lowest BCUT2D eigenvalue weighted by Gasteiger charge is -2.09. The molecule has 3 aromatic rings. The van der Waals surface area contributed by atoms with Crippen molar-refractivity contribution >= 4 is 46.4 Å². The Bertz CT molecular complexity index is 842. The van der Waals surface area contributed by atoms with Crippen molar-refractivity contribution < 1.29 is 4.74 Å². The minimum absolute atomic E-state index is 0. The number of fused-ring (bicyclic) bond motifs is 1. The zero-order valence-electron chi connectivity index (χ0n) is 14.1. The Labute approximate surface area is 165 Å². The standard InChI is InChI=1S/C20H21N3O.HI/c1-15-9-11-17(12-10-15)23-20(21)22-13-14-24-19-8-4-6-16-5-2-3-7-18(16)19;/h2-12H,13-14H2,1H3,(H3,21,22,23);1H. The number of halogens is 1. The van der Waals surface area contributed by atoms with E-state index in [2.05, 4.69) is 28.5 Å². The molecule has 3 rings (SSSR count). The number of aryl methyl sites for hydroxylation is 1. The number of hydrogen-bond donors (Lipinski definition) is 2. The molecule has 0 saturated heterocycles. The molecule has 0 amide bonds. The summed E-state index contributed by atoms with van der Waals surface area (Å²) in [6.45, 7) is 3.02. The summed E-state index contributed by atoms with van der Waals surface area (Å²) in [6, 6.07) is 22.2. The second-order valence-electron chi connectivity index (χ2n) is 5.58. The van der Waals surface area contributed by atoms with Gasteiger partial charge in [0.15, 0.2) is 5.96 Å². The smallest absolute Gasteiger partial charge is 0.193 e. The predicted molar refractivity (Wildman–Crippen MR) is 116 cm³/mol. The number of nitrogens with zero attached hydrogens (tertiary/aromatic N) is 1. The van der Waals surface area contributed by atoms with E-state index in [4.69, 9.17) is 10.5 Å². The van der Waals surface area contributed by atoms with Crippen LogP contribution in [0.25, 0.3) is 10.8 Å². The average molecular weight is 447 g/mol. The number of nitrogens with two attached hydrogens (primary N) is 1. The molecule has 5 heteroatoms. The molecule has 0 heterocycles. The van der Waals surface area contributed by atoms with Crippen molar-refractivity contribution in [3.05, 3.63) is 72.3 Å². The highest BCUT2D eigenvalue weighted by Gasteiger charge is 2.00. The van der Waals surface area contributed by atoms with Crippen LogP contribution in [-0.4, -0.2) is 19.1 Å². The maximum absolute atomic E-state index is 5.90. The number of guanidine groups is 1. The second kappa shape index (κ2) is 9.27. The van der Waals surface area contributed by atoms with Crippen LogP contribution in [0.2, 0.25) is 0 Å². The molecular weight excluding hydrogens is 425 g/mol. The predicted octanol–water partition coefficient (Wildman–Crippen LogP) is 4.57. The van der Waals surface area contributed by atoms with Crippen LogP contribution in [0.4, 0.5) is 5.69 Å². The molecule has 0 radical (unpaired) electrons. The maximum atomic E-state index is 5.90. The highest BCUT2D eigenvalue weighted by atomic mass is 127. The number of benzene rings is 3. The number of aliphatic imine (C=N–C) groups is 1. The van der Waals surface area contributed by atoms with E-state index in [1.165, 1.54) is 10.9 Å². The number of hydrogen-bond acceptors (Lipinski definition) is 2. The lowest BCUT2D eigenvalue weighted by molar-refractivity contribution is 0.332. The Morgan fingerprint density at radius 3 is 2.52 bits per heavy atom. The van der Waals surface area contributed by atoms with Gasteiger partial charge >= 0.3 is 0 Å². The molecule has 0 bridgehead atoms. The summed E-state index contributed by atoms with van der Waals surface area (Å²) >= 11 is 0. The van der Waals surface area contributed by atoms with Crippen LogP contribution in [0, 0.1) is 6.92 Å². The third kappa shape index (κ3) is 5.35. The van der Waals surface area contributed by atoms with Gasteiger partial charge in [-0.3, -0.25) is 0 Å². The Kier molecular flexibility index (Phi) is 7.06. The largest absolute Gasteiger partial charge is 0.491 e. The fourth-order valence-corrected chi connectivity index (χ4v) is 2.47. The van der Waals surface area contributed by atoms with Gasteiger partial charge in [-0.2, -0.15) is 0 Å². The van der Waals surface area contributed by atoms with E-state index in [9.17, 15) is 0 Å². The lowest BCUT2D eigenvalue weighted by atomic mass is 10.1. The second-order valence-corrected chi connectivity index (χ2v) is 5.58. The Morgan fingerprint density at radius 2 is 1.72 bits per heavy atom. The Hall–Kier alpha value is -2.28. The van der Waals surface area contributed by atoms with E-state index in [-0.39, 0.29) is 24.0 Å². The van der Waals surface area contributed by atoms with Gasteiger partial charge in [0.05, 0.1) is 6.54 Å². The van der Waals surface area contributed by atoms with Crippen LogP contribution in [-0.2, 0) is 0 Å². The van der Waals surface area contributed by atoms with E-state index in [0.717, 1.165) is 16.8 Å². The number of nitrogens with one attached hydrogen (secondary N) is 1. The SMILES string of the molecule is Cc1ccc(NC(N)=NCCOc2cccc3ccccc23)cc1.I. The zero-order chi connectivity index (χ0) is 16.8. The summed E-state index contributed by atoms with van der Waals surface area (Å²) in [5.74, 6) is 1.26. The Balaban J connectivity index is 0.00000225. The summed E-state index contributed by atoms with van der Waals surface area (Å²) < 4.78 is 5.85. The van der Waals surface area contributed by atoms with Crippen LogP contribution in [0.1, 0.15) is 5.56 Å². The minimum Gasteiger partial charge on any atom is -0.491 e. The third-order valence-corrected chi connectivity index (χ3v) is 3.70. The van der Waals surface area contributed by atoms with Crippen molar-refractivity contribution in [1.82, 2.24) is 0 Å². The molecule has 0 aromatic heterocycles. The summed E-state index contributed by atoms with van der Waals surface area (Å²) in [5, 5.41) is 5.34. The molecular formula is C20H22IN3O. The first kappa shape index (κ1) is 19.1. The molecule has 0 atom stereocenters. The van der Waals surface area contributed by atoms with Crippen molar-refractivity contribution in [2.75, 3.05) is 18.5 Å². The van der Waals surface area contributed by atoms with Gasteiger partial charge in [0.25, 0.3) is 0 Å². The summed E-state index contributed by atoms with van der Waals surface area (Å²) in [6.07, 6.45) is 0. The van der Waals surface area contributed by atoms with Crippen molar-refractivity contribution in [2.24, 2.45) is 10.7 Å². The molecule has 0 aliphatic rings. The molecule has 130 valence electrons. The van der Waals surface area contributed by atoms with E-state index >= 15 is 0 Å². The first-order valence-electron chi connectivity index (χ1n) is 7.96. The van der Waals surface area contributed by atoms with Gasteiger partial charge in [-0.05, 0) is 30.5 Å². The number of ether oxygens (including phenoxy) is 1. The van der Waals surface area contributed by atoms with E-state index in [1.807, 2.05) is 55.5 Å². The monoisotopic (exact) mass is 447 g/mol. The fraction of sp³-hybridized carbons (Fsp3) is 0.150. The molecule has 0 saturated carbocycles. The zero-order valence-corrected chi connectivity index (χ0v) is 16.4. The highest BCUT2D eigenvalue weighted by Crippen LogP contribution is 2.24. The maximum Gasteiger partial charge on any atom is 0.193 e. The number of rotatable bonds is 5. The van der Waals surface area contributed by atoms with Gasteiger partial charge in [0.1, 0.15) is 12.4 Å². The van der Waals surface area contributed by atoms with Crippen molar-refractivity contribution in [2.45, 2.75) is 6.92 Å². The highest BCUT2D eigenvalue weighted by molar-refractivity contribution is 14.0. The van der Waals surface area contributed by atoms with Crippen LogP contribution in [0.3, 0.4) is 0 Å². The Morgan fingerprint density at radius 1 is 1.00 bits per heavy atom. The molecule has 4 nitrogen and oxygen atoms in total. The molecule has 3 N–H and O–H groups in total. The third-order valence-electron chi connectivity index (χ3n) is 3.70. The van der Waals surface area contributed by atoms with Gasteiger partial charge in [-0.25, -0.2) is 4.99 Å². The summed E-state index contributed by atoms with van der Waals surface area (Å²) in [5.41, 5.74) is 8.03. The molecule has 0 aliphatic heterocycles. The molecule has 25 heavy (non-hydrogen) atoms. The molecule has 0 spiro atoms. The van der Waals surface area contributed by atoms with Crippen LogP contribution < -0.4 is 15.8 Å². The normalized spacial score (nSPS) is 11.0. The first-order chi connectivity index (χ1) is 11.7. The van der Waals surface area contributed by atoms with E-state index in [0.29, 0.717) is 19.1 Å². The lowest BCUT2D eigenvalue weighted by Crippen LogP contribution is -2.23. The van der Waals surface area contributed by atoms with E-state index in [1.54, 1.807) is 0 Å². The van der Waals surface area contributed by atoms with Gasteiger partial charge in [-0.15, -0.1) is 24.0 Å². The van der Waals surface area contributed by atoms with Crippen molar-refractivity contribution in [3.63, 3.8) is 0 Å². The summed E-state index contributed by atoms with van der Waals surface area (Å²) in [4.78, 5) is 4.30. The topological polar surface area (TPSA) is 59.6 Å². The van der Waals surface area contributed by atoms with E-state index < -0.39 is 0 Å². The van der Waals surface area contributed by atoms with Gasteiger partial charge < -0.3 is 15.8 Å².